The molecule has 0 amide bonds. The second kappa shape index (κ2) is 6.73. The minimum Gasteiger partial charge on any atom is -0.374 e. The fraction of sp³-hybridized carbons (Fsp3) is 0.571. The van der Waals surface area contributed by atoms with Crippen LogP contribution in [0, 0.1) is 0 Å². The van der Waals surface area contributed by atoms with Gasteiger partial charge in [0.15, 0.2) is 0 Å². The Bertz CT molecular complexity index is 513. The molecule has 106 valence electrons. The van der Waals surface area contributed by atoms with Crippen molar-refractivity contribution in [3.05, 3.63) is 35.4 Å². The highest BCUT2D eigenvalue weighted by Crippen LogP contribution is 2.32. The largest absolute Gasteiger partial charge is 0.374 e. The van der Waals surface area contributed by atoms with E-state index in [0.717, 1.165) is 25.7 Å². The van der Waals surface area contributed by atoms with Crippen LogP contribution in [-0.4, -0.2) is 20.8 Å². The van der Waals surface area contributed by atoms with Gasteiger partial charge in [0.05, 0.1) is 11.9 Å². The molecule has 0 saturated heterocycles. The van der Waals surface area contributed by atoms with E-state index in [0.29, 0.717) is 13.0 Å². The molecule has 0 heterocycles. The van der Waals surface area contributed by atoms with E-state index in [-0.39, 0.29) is 11.9 Å². The predicted molar refractivity (Wildman–Crippen MR) is 76.9 cm³/mol. The van der Waals surface area contributed by atoms with Gasteiger partial charge in [0.1, 0.15) is 0 Å². The van der Waals surface area contributed by atoms with Gasteiger partial charge in [-0.1, -0.05) is 24.3 Å². The smallest absolute Gasteiger partial charge is 0.232 e. The van der Waals surface area contributed by atoms with Gasteiger partial charge in [0.25, 0.3) is 0 Å². The predicted octanol–water partition coefficient (Wildman–Crippen LogP) is 3.43. The highest BCUT2D eigenvalue weighted by atomic mass is 35.7. The van der Waals surface area contributed by atoms with Crippen LogP contribution >= 0.6 is 10.7 Å². The van der Waals surface area contributed by atoms with Gasteiger partial charge >= 0.3 is 0 Å². The zero-order valence-electron chi connectivity index (χ0n) is 10.8. The standard InChI is InChI=1S/C14H19ClO3S/c15-19(16,17)11-4-3-10-18-14-9-5-7-12-6-1-2-8-13(12)14/h1-2,6,8,14H,3-5,7,9-11H2. The van der Waals surface area contributed by atoms with Crippen LogP contribution in [0.3, 0.4) is 0 Å². The summed E-state index contributed by atoms with van der Waals surface area (Å²) >= 11 is 0. The summed E-state index contributed by atoms with van der Waals surface area (Å²) in [5.41, 5.74) is 2.67. The maximum absolute atomic E-state index is 10.8. The fourth-order valence-electron chi connectivity index (χ4n) is 2.48. The van der Waals surface area contributed by atoms with Crippen LogP contribution in [-0.2, 0) is 20.2 Å². The molecule has 0 N–H and O–H groups in total. The van der Waals surface area contributed by atoms with Crippen molar-refractivity contribution in [1.82, 2.24) is 0 Å². The second-order valence-corrected chi connectivity index (χ2v) is 7.80. The molecule has 1 aromatic rings. The summed E-state index contributed by atoms with van der Waals surface area (Å²) in [6.45, 7) is 0.589. The van der Waals surface area contributed by atoms with Crippen LogP contribution in [0.15, 0.2) is 24.3 Å². The topological polar surface area (TPSA) is 43.4 Å². The number of hydrogen-bond acceptors (Lipinski definition) is 3. The summed E-state index contributed by atoms with van der Waals surface area (Å²) in [6, 6.07) is 8.39. The number of aryl methyl sites for hydroxylation is 1. The highest BCUT2D eigenvalue weighted by Gasteiger charge is 2.19. The van der Waals surface area contributed by atoms with E-state index in [9.17, 15) is 8.42 Å². The number of ether oxygens (including phenoxy) is 1. The van der Waals surface area contributed by atoms with Crippen LogP contribution < -0.4 is 0 Å². The Morgan fingerprint density at radius 3 is 2.84 bits per heavy atom. The minimum absolute atomic E-state index is 0.0270. The normalized spacial score (nSPS) is 19.1. The van der Waals surface area contributed by atoms with Crippen molar-refractivity contribution in [2.45, 2.75) is 38.2 Å². The van der Waals surface area contributed by atoms with Gasteiger partial charge in [-0.25, -0.2) is 8.42 Å². The molecule has 0 aromatic heterocycles. The second-order valence-electron chi connectivity index (χ2n) is 4.90. The first-order valence-electron chi connectivity index (χ1n) is 6.68. The monoisotopic (exact) mass is 302 g/mol. The van der Waals surface area contributed by atoms with Crippen molar-refractivity contribution >= 4 is 19.7 Å². The Morgan fingerprint density at radius 1 is 1.26 bits per heavy atom. The van der Waals surface area contributed by atoms with Crippen molar-refractivity contribution in [3.63, 3.8) is 0 Å². The molecule has 0 bridgehead atoms. The first kappa shape index (κ1) is 14.8. The molecule has 0 aliphatic heterocycles. The molecule has 1 unspecified atom stereocenters. The molecule has 2 rings (SSSR count). The average molecular weight is 303 g/mol. The van der Waals surface area contributed by atoms with E-state index in [4.69, 9.17) is 15.4 Å². The third-order valence-electron chi connectivity index (χ3n) is 3.42. The molecule has 0 radical (unpaired) electrons. The van der Waals surface area contributed by atoms with Gasteiger partial charge in [-0.2, -0.15) is 0 Å². The van der Waals surface area contributed by atoms with Crippen molar-refractivity contribution in [2.24, 2.45) is 0 Å². The summed E-state index contributed by atoms with van der Waals surface area (Å²) in [5, 5.41) is 0. The van der Waals surface area contributed by atoms with Crippen LogP contribution in [0.25, 0.3) is 0 Å². The van der Waals surface area contributed by atoms with E-state index in [2.05, 4.69) is 18.2 Å². The Morgan fingerprint density at radius 2 is 2.05 bits per heavy atom. The summed E-state index contributed by atoms with van der Waals surface area (Å²) in [5.74, 6) is 0.0270. The third-order valence-corrected chi connectivity index (χ3v) is 4.66. The number of benzene rings is 1. The number of unbranched alkanes of at least 4 members (excludes halogenated alkanes) is 1. The lowest BCUT2D eigenvalue weighted by atomic mass is 9.89. The molecule has 1 aliphatic rings. The maximum Gasteiger partial charge on any atom is 0.232 e. The molecular formula is C14H19ClO3S. The molecule has 0 fully saturated rings. The molecule has 19 heavy (non-hydrogen) atoms. The van der Waals surface area contributed by atoms with Crippen molar-refractivity contribution < 1.29 is 13.2 Å². The number of hydrogen-bond donors (Lipinski definition) is 0. The Hall–Kier alpha value is -0.580. The Labute approximate surface area is 119 Å². The van der Waals surface area contributed by atoms with Gasteiger partial charge in [-0.3, -0.25) is 0 Å². The molecule has 3 nitrogen and oxygen atoms in total. The Balaban J connectivity index is 1.78. The van der Waals surface area contributed by atoms with Gasteiger partial charge in [0.2, 0.25) is 9.05 Å². The summed E-state index contributed by atoms with van der Waals surface area (Å²) in [7, 11) is 1.80. The van der Waals surface area contributed by atoms with Crippen LogP contribution in [0.4, 0.5) is 0 Å². The molecule has 0 spiro atoms. The number of fused-ring (bicyclic) bond motifs is 1. The van der Waals surface area contributed by atoms with Crippen LogP contribution in [0.5, 0.6) is 0 Å². The quantitative estimate of drug-likeness (QED) is 0.597. The van der Waals surface area contributed by atoms with Crippen molar-refractivity contribution in [1.29, 1.82) is 0 Å². The van der Waals surface area contributed by atoms with Gasteiger partial charge in [0, 0.05) is 17.3 Å². The van der Waals surface area contributed by atoms with E-state index in [1.165, 1.54) is 11.1 Å². The van der Waals surface area contributed by atoms with Crippen LogP contribution in [0.2, 0.25) is 0 Å². The van der Waals surface area contributed by atoms with E-state index < -0.39 is 9.05 Å². The lowest BCUT2D eigenvalue weighted by Gasteiger charge is -2.25. The maximum atomic E-state index is 10.8. The Kier molecular flexibility index (Phi) is 5.25. The van der Waals surface area contributed by atoms with E-state index in [1.807, 2.05) is 6.07 Å². The van der Waals surface area contributed by atoms with Crippen molar-refractivity contribution in [3.8, 4) is 0 Å². The zero-order chi connectivity index (χ0) is 13.7. The number of halogens is 1. The van der Waals surface area contributed by atoms with Crippen molar-refractivity contribution in [2.75, 3.05) is 12.4 Å². The van der Waals surface area contributed by atoms with Gasteiger partial charge < -0.3 is 4.74 Å². The molecule has 1 atom stereocenters. The average Bonchev–Trinajstić information content (AvgIpc) is 2.37. The summed E-state index contributed by atoms with van der Waals surface area (Å²) < 4.78 is 27.5. The van der Waals surface area contributed by atoms with Gasteiger partial charge in [-0.15, -0.1) is 0 Å². The third kappa shape index (κ3) is 4.79. The lowest BCUT2D eigenvalue weighted by molar-refractivity contribution is 0.0391. The fourth-order valence-corrected chi connectivity index (χ4v) is 3.36. The van der Waals surface area contributed by atoms with E-state index >= 15 is 0 Å². The number of rotatable bonds is 6. The minimum atomic E-state index is -3.36. The molecule has 1 aliphatic carbocycles. The molecular weight excluding hydrogens is 284 g/mol. The zero-order valence-corrected chi connectivity index (χ0v) is 12.4. The summed E-state index contributed by atoms with van der Waals surface area (Å²) in [6.07, 6.45) is 4.77. The van der Waals surface area contributed by atoms with E-state index in [1.54, 1.807) is 0 Å². The first-order valence-corrected chi connectivity index (χ1v) is 9.16. The highest BCUT2D eigenvalue weighted by molar-refractivity contribution is 8.13. The SMILES string of the molecule is O=S(=O)(Cl)CCCCOC1CCCc2ccccc21. The first-order chi connectivity index (χ1) is 9.06. The molecule has 0 saturated carbocycles. The summed E-state index contributed by atoms with van der Waals surface area (Å²) in [4.78, 5) is 0. The molecule has 1 aromatic carbocycles. The van der Waals surface area contributed by atoms with Crippen LogP contribution in [0.1, 0.15) is 42.9 Å². The lowest BCUT2D eigenvalue weighted by Crippen LogP contribution is -2.13. The molecule has 5 heteroatoms. The van der Waals surface area contributed by atoms with Gasteiger partial charge in [-0.05, 0) is 43.2 Å².